The van der Waals surface area contributed by atoms with Gasteiger partial charge in [-0.3, -0.25) is 4.79 Å². The van der Waals surface area contributed by atoms with E-state index in [0.717, 1.165) is 30.1 Å². The van der Waals surface area contributed by atoms with E-state index in [1.165, 1.54) is 12.8 Å². The first kappa shape index (κ1) is 4.48. The molecule has 0 aromatic rings. The molecule has 1 heteroatoms. The molecule has 9 heavy (non-hydrogen) atoms. The molecule has 0 amide bonds. The third-order valence-electron chi connectivity index (χ3n) is 3.51. The summed E-state index contributed by atoms with van der Waals surface area (Å²) in [4.78, 5) is 10.9. The van der Waals surface area contributed by atoms with Crippen LogP contribution in [0.15, 0.2) is 0 Å². The van der Waals surface area contributed by atoms with Crippen molar-refractivity contribution >= 4 is 5.78 Å². The molecule has 48 valence electrons. The van der Waals surface area contributed by atoms with Crippen LogP contribution in [0.5, 0.6) is 0 Å². The predicted octanol–water partition coefficient (Wildman–Crippen LogP) is 1.38. The highest BCUT2D eigenvalue weighted by Gasteiger charge is 2.72. The van der Waals surface area contributed by atoms with Crippen molar-refractivity contribution in [3.63, 3.8) is 0 Å². The Kier molecular flexibility index (Phi) is 0.487. The molecule has 0 N–H and O–H groups in total. The molecule has 1 nitrogen and oxygen atoms in total. The van der Waals surface area contributed by atoms with Crippen LogP contribution in [-0.4, -0.2) is 5.78 Å². The lowest BCUT2D eigenvalue weighted by Crippen LogP contribution is -2.07. The van der Waals surface area contributed by atoms with Crippen LogP contribution in [0.25, 0.3) is 0 Å². The van der Waals surface area contributed by atoms with Crippen LogP contribution in [0, 0.1) is 17.3 Å². The molecule has 0 aromatic heterocycles. The average molecular weight is 122 g/mol. The molecule has 0 radical (unpaired) electrons. The molecule has 3 rings (SSSR count). The van der Waals surface area contributed by atoms with E-state index in [-0.39, 0.29) is 0 Å². The third kappa shape index (κ3) is 0.374. The summed E-state index contributed by atoms with van der Waals surface area (Å²) in [6.07, 6.45) is 4.64. The lowest BCUT2D eigenvalue weighted by Gasteiger charge is -2.04. The fraction of sp³-hybridized carbons (Fsp3) is 0.875. The first-order chi connectivity index (χ1) is 4.31. The molecule has 2 atom stereocenters. The number of Topliss-reactive ketones (excluding diaryl/α,β-unsaturated/α-hetero) is 1. The maximum absolute atomic E-state index is 10.9. The second-order valence-electron chi connectivity index (χ2n) is 3.98. The van der Waals surface area contributed by atoms with Gasteiger partial charge in [-0.1, -0.05) is 0 Å². The first-order valence-electron chi connectivity index (χ1n) is 3.83. The summed E-state index contributed by atoms with van der Waals surface area (Å²) in [7, 11) is 0. The molecule has 0 aliphatic heterocycles. The van der Waals surface area contributed by atoms with E-state index in [0.29, 0.717) is 5.78 Å². The Morgan fingerprint density at radius 1 is 1.22 bits per heavy atom. The number of ketones is 1. The highest BCUT2D eigenvalue weighted by molar-refractivity contribution is 5.82. The Morgan fingerprint density at radius 3 is 2.33 bits per heavy atom. The zero-order chi connectivity index (χ0) is 6.06. The van der Waals surface area contributed by atoms with Crippen LogP contribution < -0.4 is 0 Å². The Hall–Kier alpha value is -0.330. The lowest BCUT2D eigenvalue weighted by atomic mass is 10.00. The molecule has 3 fully saturated rings. The van der Waals surface area contributed by atoms with Gasteiger partial charge in [0.1, 0.15) is 5.78 Å². The van der Waals surface area contributed by atoms with E-state index in [1.54, 1.807) is 0 Å². The molecule has 0 bridgehead atoms. The molecular formula is C8H10O. The van der Waals surface area contributed by atoms with E-state index in [1.807, 2.05) is 0 Å². The van der Waals surface area contributed by atoms with Gasteiger partial charge in [-0.15, -0.1) is 0 Å². The molecule has 1 spiro atoms. The van der Waals surface area contributed by atoms with E-state index in [9.17, 15) is 4.79 Å². The van der Waals surface area contributed by atoms with Crippen molar-refractivity contribution in [2.45, 2.75) is 25.7 Å². The molecule has 0 heterocycles. The summed E-state index contributed by atoms with van der Waals surface area (Å²) in [6.45, 7) is 0. The van der Waals surface area contributed by atoms with Gasteiger partial charge < -0.3 is 0 Å². The van der Waals surface area contributed by atoms with Crippen molar-refractivity contribution in [2.24, 2.45) is 17.3 Å². The van der Waals surface area contributed by atoms with Gasteiger partial charge in [0.05, 0.1) is 0 Å². The number of hydrogen-bond acceptors (Lipinski definition) is 1. The van der Waals surface area contributed by atoms with Gasteiger partial charge in [0.25, 0.3) is 0 Å². The van der Waals surface area contributed by atoms with Gasteiger partial charge in [-0.2, -0.15) is 0 Å². The highest BCUT2D eigenvalue weighted by Crippen LogP contribution is 2.78. The van der Waals surface area contributed by atoms with Crippen LogP contribution >= 0.6 is 0 Å². The number of rotatable bonds is 0. The lowest BCUT2D eigenvalue weighted by molar-refractivity contribution is -0.120. The SMILES string of the molecule is O=C1C[C@H]2CC23C[C@@H]3C1. The maximum atomic E-state index is 10.9. The molecule has 0 aromatic carbocycles. The highest BCUT2D eigenvalue weighted by atomic mass is 16.1. The second-order valence-corrected chi connectivity index (χ2v) is 3.98. The minimum atomic E-state index is 0.538. The van der Waals surface area contributed by atoms with Gasteiger partial charge in [-0.05, 0) is 30.1 Å². The van der Waals surface area contributed by atoms with Crippen LogP contribution in [-0.2, 0) is 4.79 Å². The van der Waals surface area contributed by atoms with Crippen molar-refractivity contribution in [3.8, 4) is 0 Å². The molecule has 0 saturated heterocycles. The van der Waals surface area contributed by atoms with Crippen molar-refractivity contribution < 1.29 is 4.79 Å². The summed E-state index contributed by atoms with van der Waals surface area (Å²) in [5.74, 6) is 2.24. The zero-order valence-corrected chi connectivity index (χ0v) is 5.39. The zero-order valence-electron chi connectivity index (χ0n) is 5.39. The summed E-state index contributed by atoms with van der Waals surface area (Å²) in [5, 5.41) is 0. The van der Waals surface area contributed by atoms with Gasteiger partial charge in [0.15, 0.2) is 0 Å². The van der Waals surface area contributed by atoms with E-state index in [4.69, 9.17) is 0 Å². The molecule has 3 saturated carbocycles. The normalized spacial score (nSPS) is 60.2. The first-order valence-corrected chi connectivity index (χ1v) is 3.83. The maximum Gasteiger partial charge on any atom is 0.133 e. The smallest absolute Gasteiger partial charge is 0.133 e. The summed E-state index contributed by atoms with van der Waals surface area (Å²) >= 11 is 0. The van der Waals surface area contributed by atoms with Gasteiger partial charge >= 0.3 is 0 Å². The fourth-order valence-electron chi connectivity index (χ4n) is 2.73. The number of hydrogen-bond donors (Lipinski definition) is 0. The summed E-state index contributed by atoms with van der Waals surface area (Å²) < 4.78 is 0. The van der Waals surface area contributed by atoms with Gasteiger partial charge in [-0.25, -0.2) is 0 Å². The minimum absolute atomic E-state index is 0.538. The second kappa shape index (κ2) is 0.979. The number of carbonyl (C=O) groups is 1. The Labute approximate surface area is 54.4 Å². The fourth-order valence-corrected chi connectivity index (χ4v) is 2.73. The van der Waals surface area contributed by atoms with Crippen molar-refractivity contribution in [1.82, 2.24) is 0 Å². The summed E-state index contributed by atoms with van der Waals surface area (Å²) in [5.41, 5.74) is 0.772. The van der Waals surface area contributed by atoms with Crippen LogP contribution in [0.1, 0.15) is 25.7 Å². The van der Waals surface area contributed by atoms with E-state index < -0.39 is 0 Å². The molecule has 3 aliphatic rings. The van der Waals surface area contributed by atoms with Crippen molar-refractivity contribution in [1.29, 1.82) is 0 Å². The Balaban J connectivity index is 1.95. The van der Waals surface area contributed by atoms with Crippen LogP contribution in [0.4, 0.5) is 0 Å². The van der Waals surface area contributed by atoms with Crippen LogP contribution in [0.2, 0.25) is 0 Å². The average Bonchev–Trinajstić information content (AvgIpc) is 2.50. The molecular weight excluding hydrogens is 112 g/mol. The predicted molar refractivity (Wildman–Crippen MR) is 32.9 cm³/mol. The van der Waals surface area contributed by atoms with Gasteiger partial charge in [0, 0.05) is 12.8 Å². The van der Waals surface area contributed by atoms with E-state index >= 15 is 0 Å². The van der Waals surface area contributed by atoms with Crippen molar-refractivity contribution in [3.05, 3.63) is 0 Å². The summed E-state index contributed by atoms with van der Waals surface area (Å²) in [6, 6.07) is 0. The number of carbonyl (C=O) groups excluding carboxylic acids is 1. The largest absolute Gasteiger partial charge is 0.300 e. The molecule has 0 unspecified atom stereocenters. The standard InChI is InChI=1S/C8H10O/c9-7-1-5-3-8(5)4-6(8)2-7/h5-6H,1-4H2/t5-,6-,8?/m0/s1. The quantitative estimate of drug-likeness (QED) is 0.474. The monoisotopic (exact) mass is 122 g/mol. The van der Waals surface area contributed by atoms with Crippen LogP contribution in [0.3, 0.4) is 0 Å². The minimum Gasteiger partial charge on any atom is -0.300 e. The topological polar surface area (TPSA) is 17.1 Å². The Bertz CT molecular complexity index is 175. The molecule has 3 aliphatic carbocycles. The van der Waals surface area contributed by atoms with Crippen molar-refractivity contribution in [2.75, 3.05) is 0 Å². The third-order valence-corrected chi connectivity index (χ3v) is 3.51. The van der Waals surface area contributed by atoms with Gasteiger partial charge in [0.2, 0.25) is 0 Å². The van der Waals surface area contributed by atoms with E-state index in [2.05, 4.69) is 0 Å². The Morgan fingerprint density at radius 2 is 1.78 bits per heavy atom.